The molecule has 1 aromatic heterocycles. The first-order chi connectivity index (χ1) is 13.0. The third kappa shape index (κ3) is 4.80. The predicted octanol–water partition coefficient (Wildman–Crippen LogP) is 3.05. The van der Waals surface area contributed by atoms with Crippen molar-refractivity contribution in [3.8, 4) is 0 Å². The highest BCUT2D eigenvalue weighted by Crippen LogP contribution is 2.24. The van der Waals surface area contributed by atoms with Gasteiger partial charge in [0.2, 0.25) is 0 Å². The number of halogens is 1. The number of rotatable bonds is 6. The molecule has 0 aliphatic carbocycles. The average molecular weight is 372 g/mol. The van der Waals surface area contributed by atoms with Crippen LogP contribution in [0.3, 0.4) is 0 Å². The van der Waals surface area contributed by atoms with E-state index in [1.54, 1.807) is 12.1 Å². The van der Waals surface area contributed by atoms with Crippen LogP contribution in [0.2, 0.25) is 0 Å². The van der Waals surface area contributed by atoms with Crippen LogP contribution < -0.4 is 5.32 Å². The Morgan fingerprint density at radius 1 is 1.37 bits per heavy atom. The molecule has 7 heteroatoms. The summed E-state index contributed by atoms with van der Waals surface area (Å²) in [7, 11) is 2.13. The molecule has 27 heavy (non-hydrogen) atoms. The van der Waals surface area contributed by atoms with E-state index < -0.39 is 5.97 Å². The maximum atomic E-state index is 13.2. The molecule has 2 N–H and O–H groups in total. The monoisotopic (exact) mass is 372 g/mol. The Bertz CT molecular complexity index is 797. The highest BCUT2D eigenvalue weighted by molar-refractivity contribution is 5.85. The summed E-state index contributed by atoms with van der Waals surface area (Å²) in [6.45, 7) is 4.20. The van der Waals surface area contributed by atoms with Crippen molar-refractivity contribution >= 4 is 11.8 Å². The van der Waals surface area contributed by atoms with Crippen LogP contribution in [0.25, 0.3) is 0 Å². The Labute approximate surface area is 158 Å². The zero-order valence-corrected chi connectivity index (χ0v) is 15.7. The van der Waals surface area contributed by atoms with Gasteiger partial charge in [0.25, 0.3) is 0 Å². The van der Waals surface area contributed by atoms with Crippen molar-refractivity contribution in [2.45, 2.75) is 32.2 Å². The fraction of sp³-hybridized carbons (Fsp3) is 0.450. The molecule has 0 radical (unpaired) electrons. The predicted molar refractivity (Wildman–Crippen MR) is 102 cm³/mol. The molecular weight excluding hydrogens is 347 g/mol. The average Bonchev–Trinajstić information content (AvgIpc) is 2.66. The Balaban J connectivity index is 1.87. The number of hydrogen-bond acceptors (Lipinski definition) is 5. The van der Waals surface area contributed by atoms with Crippen LogP contribution >= 0.6 is 0 Å². The van der Waals surface area contributed by atoms with Crippen molar-refractivity contribution in [3.05, 3.63) is 53.2 Å². The summed E-state index contributed by atoms with van der Waals surface area (Å²) in [5.41, 5.74) is 1.33. The fourth-order valence-electron chi connectivity index (χ4n) is 3.56. The maximum absolute atomic E-state index is 13.2. The van der Waals surface area contributed by atoms with Gasteiger partial charge in [-0.15, -0.1) is 0 Å². The molecule has 1 saturated heterocycles. The second-order valence-electron chi connectivity index (χ2n) is 7.13. The number of piperidine rings is 1. The SMILES string of the molecule is CC[C@H]1CN(C)CC[C@@H]1Nc1ncc(C(=O)O)nc1Cc1ccc(F)cc1. The molecule has 6 nitrogen and oxygen atoms in total. The van der Waals surface area contributed by atoms with Crippen LogP contribution in [-0.4, -0.2) is 52.1 Å². The number of aromatic nitrogens is 2. The molecule has 0 saturated carbocycles. The smallest absolute Gasteiger partial charge is 0.356 e. The lowest BCUT2D eigenvalue weighted by atomic mass is 9.90. The second-order valence-corrected chi connectivity index (χ2v) is 7.13. The summed E-state index contributed by atoms with van der Waals surface area (Å²) in [4.78, 5) is 22.3. The number of benzene rings is 1. The Hall–Kier alpha value is -2.54. The number of nitrogens with one attached hydrogen (secondary N) is 1. The molecule has 0 bridgehead atoms. The summed E-state index contributed by atoms with van der Waals surface area (Å²) in [5, 5.41) is 12.8. The van der Waals surface area contributed by atoms with Gasteiger partial charge in [-0.05, 0) is 43.6 Å². The van der Waals surface area contributed by atoms with Crippen molar-refractivity contribution in [3.63, 3.8) is 0 Å². The Morgan fingerprint density at radius 2 is 2.11 bits per heavy atom. The highest BCUT2D eigenvalue weighted by atomic mass is 19.1. The normalized spacial score (nSPS) is 20.4. The van der Waals surface area contributed by atoms with Gasteiger partial charge in [0.15, 0.2) is 5.69 Å². The lowest BCUT2D eigenvalue weighted by Crippen LogP contribution is -2.44. The van der Waals surface area contributed by atoms with Gasteiger partial charge < -0.3 is 15.3 Å². The number of anilines is 1. The van der Waals surface area contributed by atoms with E-state index in [0.717, 1.165) is 31.5 Å². The molecule has 0 amide bonds. The summed E-state index contributed by atoms with van der Waals surface area (Å²) in [6.07, 6.45) is 3.72. The molecule has 2 aromatic rings. The third-order valence-corrected chi connectivity index (χ3v) is 5.13. The molecule has 0 unspecified atom stereocenters. The largest absolute Gasteiger partial charge is 0.476 e. The molecular formula is C20H25FN4O2. The molecule has 0 spiro atoms. The minimum atomic E-state index is -1.11. The lowest BCUT2D eigenvalue weighted by molar-refractivity contribution is 0.0689. The number of carboxylic acid groups (broad SMARTS) is 1. The standard InChI is InChI=1S/C20H25FN4O2/c1-3-14-12-25(2)9-8-16(14)24-19-17(23-18(11-22-19)20(26)27)10-13-4-6-15(21)7-5-13/h4-7,11,14,16H,3,8-10,12H2,1-2H3,(H,22,24)(H,26,27)/t14-,16-/m0/s1. The maximum Gasteiger partial charge on any atom is 0.356 e. The van der Waals surface area contributed by atoms with E-state index in [2.05, 4.69) is 34.2 Å². The van der Waals surface area contributed by atoms with E-state index in [-0.39, 0.29) is 17.6 Å². The molecule has 1 aromatic carbocycles. The van der Waals surface area contributed by atoms with Crippen LogP contribution in [0.4, 0.5) is 10.2 Å². The van der Waals surface area contributed by atoms with Gasteiger partial charge in [0.05, 0.1) is 11.9 Å². The number of aromatic carboxylic acids is 1. The van der Waals surface area contributed by atoms with Crippen molar-refractivity contribution in [2.75, 3.05) is 25.5 Å². The number of likely N-dealkylation sites (tertiary alicyclic amines) is 1. The van der Waals surface area contributed by atoms with Crippen molar-refractivity contribution in [1.29, 1.82) is 0 Å². The minimum Gasteiger partial charge on any atom is -0.476 e. The first-order valence-corrected chi connectivity index (χ1v) is 9.25. The summed E-state index contributed by atoms with van der Waals surface area (Å²) < 4.78 is 13.2. The van der Waals surface area contributed by atoms with Crippen LogP contribution in [0, 0.1) is 11.7 Å². The Kier molecular flexibility index (Phi) is 6.01. The van der Waals surface area contributed by atoms with Crippen molar-refractivity contribution < 1.29 is 14.3 Å². The van der Waals surface area contributed by atoms with Crippen LogP contribution in [0.5, 0.6) is 0 Å². The van der Waals surface area contributed by atoms with Gasteiger partial charge in [-0.25, -0.2) is 19.2 Å². The van der Waals surface area contributed by atoms with Crippen molar-refractivity contribution in [1.82, 2.24) is 14.9 Å². The molecule has 1 aliphatic rings. The molecule has 2 heterocycles. The molecule has 2 atom stereocenters. The second kappa shape index (κ2) is 8.43. The fourth-order valence-corrected chi connectivity index (χ4v) is 3.56. The van der Waals surface area contributed by atoms with E-state index in [1.807, 2.05) is 0 Å². The van der Waals surface area contributed by atoms with Crippen molar-refractivity contribution in [2.24, 2.45) is 5.92 Å². The number of carbonyl (C=O) groups is 1. The minimum absolute atomic E-state index is 0.0897. The van der Waals surface area contributed by atoms with E-state index in [1.165, 1.54) is 18.3 Å². The number of hydrogen-bond donors (Lipinski definition) is 2. The molecule has 1 aliphatic heterocycles. The molecule has 1 fully saturated rings. The van der Waals surface area contributed by atoms with Crippen LogP contribution in [0.1, 0.15) is 41.5 Å². The van der Waals surface area contributed by atoms with Gasteiger partial charge in [-0.2, -0.15) is 0 Å². The number of carboxylic acids is 1. The quantitative estimate of drug-likeness (QED) is 0.811. The van der Waals surface area contributed by atoms with Crippen LogP contribution in [0.15, 0.2) is 30.5 Å². The summed E-state index contributed by atoms with van der Waals surface area (Å²) >= 11 is 0. The topological polar surface area (TPSA) is 78.4 Å². The zero-order valence-electron chi connectivity index (χ0n) is 15.7. The highest BCUT2D eigenvalue weighted by Gasteiger charge is 2.27. The van der Waals surface area contributed by atoms with E-state index >= 15 is 0 Å². The van der Waals surface area contributed by atoms with Gasteiger partial charge >= 0.3 is 5.97 Å². The summed E-state index contributed by atoms with van der Waals surface area (Å²) in [5.74, 6) is -0.319. The van der Waals surface area contributed by atoms with E-state index in [9.17, 15) is 14.3 Å². The lowest BCUT2D eigenvalue weighted by Gasteiger charge is -2.37. The third-order valence-electron chi connectivity index (χ3n) is 5.13. The van der Waals surface area contributed by atoms with E-state index in [0.29, 0.717) is 23.9 Å². The molecule has 3 rings (SSSR count). The van der Waals surface area contributed by atoms with Gasteiger partial charge in [-0.3, -0.25) is 0 Å². The zero-order chi connectivity index (χ0) is 19.4. The first kappa shape index (κ1) is 19.2. The molecule has 144 valence electrons. The van der Waals surface area contributed by atoms with Gasteiger partial charge in [0, 0.05) is 19.0 Å². The summed E-state index contributed by atoms with van der Waals surface area (Å²) in [6, 6.07) is 6.40. The number of nitrogens with zero attached hydrogens (tertiary/aromatic N) is 3. The van der Waals surface area contributed by atoms with Gasteiger partial charge in [0.1, 0.15) is 11.6 Å². The van der Waals surface area contributed by atoms with Crippen LogP contribution in [-0.2, 0) is 6.42 Å². The first-order valence-electron chi connectivity index (χ1n) is 9.25. The van der Waals surface area contributed by atoms with Gasteiger partial charge in [-0.1, -0.05) is 25.5 Å². The Morgan fingerprint density at radius 3 is 2.78 bits per heavy atom. The van der Waals surface area contributed by atoms with E-state index in [4.69, 9.17) is 0 Å².